The molecule has 122 valence electrons. The van der Waals surface area contributed by atoms with Crippen LogP contribution < -0.4 is 4.74 Å². The monoisotopic (exact) mass is 304 g/mol. The predicted octanol–water partition coefficient (Wildman–Crippen LogP) is 4.86. The van der Waals surface area contributed by atoms with Crippen LogP contribution in [0.3, 0.4) is 0 Å². The van der Waals surface area contributed by atoms with Crippen molar-refractivity contribution in [3.63, 3.8) is 0 Å². The van der Waals surface area contributed by atoms with E-state index in [0.717, 1.165) is 31.4 Å². The number of methoxy groups -OCH3 is 1. The van der Waals surface area contributed by atoms with E-state index in [1.54, 1.807) is 7.11 Å². The first-order chi connectivity index (χ1) is 10.7. The van der Waals surface area contributed by atoms with Gasteiger partial charge in [0.1, 0.15) is 5.75 Å². The maximum absolute atomic E-state index is 11.1. The standard InChI is InChI=1S/C19H28O3/c1-3-4-5-18(15-10-12-17(22-2)13-11-15)14-6-8-16(9-7-14)19(20)21/h10-14,16,18H,3-9H2,1-2H3,(H,20,21). The first-order valence-electron chi connectivity index (χ1n) is 8.52. The number of hydrogen-bond donors (Lipinski definition) is 1. The summed E-state index contributed by atoms with van der Waals surface area (Å²) in [7, 11) is 1.69. The second kappa shape index (κ2) is 8.21. The zero-order valence-corrected chi connectivity index (χ0v) is 13.8. The van der Waals surface area contributed by atoms with Crippen LogP contribution in [-0.2, 0) is 4.79 Å². The van der Waals surface area contributed by atoms with Gasteiger partial charge < -0.3 is 9.84 Å². The molecule has 2 rings (SSSR count). The summed E-state index contributed by atoms with van der Waals surface area (Å²) in [4.78, 5) is 11.1. The molecule has 0 aliphatic heterocycles. The Morgan fingerprint density at radius 1 is 1.23 bits per heavy atom. The fourth-order valence-electron chi connectivity index (χ4n) is 3.72. The highest BCUT2D eigenvalue weighted by atomic mass is 16.5. The van der Waals surface area contributed by atoms with Gasteiger partial charge in [0.25, 0.3) is 0 Å². The lowest BCUT2D eigenvalue weighted by atomic mass is 9.72. The second-order valence-electron chi connectivity index (χ2n) is 6.47. The van der Waals surface area contributed by atoms with Crippen molar-refractivity contribution in [3.8, 4) is 5.75 Å². The Morgan fingerprint density at radius 2 is 1.86 bits per heavy atom. The van der Waals surface area contributed by atoms with Crippen LogP contribution in [0.25, 0.3) is 0 Å². The van der Waals surface area contributed by atoms with E-state index in [9.17, 15) is 4.79 Å². The van der Waals surface area contributed by atoms with Crippen molar-refractivity contribution >= 4 is 5.97 Å². The van der Waals surface area contributed by atoms with Crippen LogP contribution in [-0.4, -0.2) is 18.2 Å². The zero-order valence-electron chi connectivity index (χ0n) is 13.8. The molecule has 0 saturated heterocycles. The summed E-state index contributed by atoms with van der Waals surface area (Å²) in [5, 5.41) is 9.17. The van der Waals surface area contributed by atoms with Gasteiger partial charge in [0, 0.05) is 0 Å². The van der Waals surface area contributed by atoms with E-state index in [1.165, 1.54) is 24.8 Å². The molecule has 1 aromatic carbocycles. The van der Waals surface area contributed by atoms with Crippen molar-refractivity contribution in [2.24, 2.45) is 11.8 Å². The molecule has 1 unspecified atom stereocenters. The third-order valence-electron chi connectivity index (χ3n) is 5.10. The highest BCUT2D eigenvalue weighted by molar-refractivity contribution is 5.70. The van der Waals surface area contributed by atoms with Crippen molar-refractivity contribution in [3.05, 3.63) is 29.8 Å². The third kappa shape index (κ3) is 4.25. The Morgan fingerprint density at radius 3 is 2.36 bits per heavy atom. The predicted molar refractivity (Wildman–Crippen MR) is 88.3 cm³/mol. The van der Waals surface area contributed by atoms with Crippen LogP contribution in [0.4, 0.5) is 0 Å². The van der Waals surface area contributed by atoms with Gasteiger partial charge in [-0.25, -0.2) is 0 Å². The smallest absolute Gasteiger partial charge is 0.306 e. The maximum atomic E-state index is 11.1. The zero-order chi connectivity index (χ0) is 15.9. The van der Waals surface area contributed by atoms with Crippen molar-refractivity contribution < 1.29 is 14.6 Å². The number of hydrogen-bond acceptors (Lipinski definition) is 2. The number of benzene rings is 1. The van der Waals surface area contributed by atoms with Gasteiger partial charge in [-0.05, 0) is 61.6 Å². The number of carbonyl (C=O) groups is 1. The molecular formula is C19H28O3. The average molecular weight is 304 g/mol. The van der Waals surface area contributed by atoms with Crippen LogP contribution in [0.5, 0.6) is 5.75 Å². The molecule has 1 aliphatic carbocycles. The number of carboxylic acids is 1. The lowest BCUT2D eigenvalue weighted by Gasteiger charge is -2.33. The Balaban J connectivity index is 2.07. The molecule has 1 aliphatic rings. The van der Waals surface area contributed by atoms with E-state index in [4.69, 9.17) is 9.84 Å². The van der Waals surface area contributed by atoms with Gasteiger partial charge in [0.2, 0.25) is 0 Å². The van der Waals surface area contributed by atoms with E-state index < -0.39 is 5.97 Å². The van der Waals surface area contributed by atoms with Crippen molar-refractivity contribution in [1.29, 1.82) is 0 Å². The molecule has 3 heteroatoms. The quantitative estimate of drug-likeness (QED) is 0.782. The van der Waals surface area contributed by atoms with E-state index in [-0.39, 0.29) is 5.92 Å². The number of ether oxygens (including phenoxy) is 1. The molecule has 0 spiro atoms. The summed E-state index contributed by atoms with van der Waals surface area (Å²) < 4.78 is 5.25. The molecule has 1 atom stereocenters. The Kier molecular flexibility index (Phi) is 6.29. The van der Waals surface area contributed by atoms with Crippen molar-refractivity contribution in [2.75, 3.05) is 7.11 Å². The van der Waals surface area contributed by atoms with E-state index in [0.29, 0.717) is 11.8 Å². The number of rotatable bonds is 7. The van der Waals surface area contributed by atoms with Crippen LogP contribution in [0.2, 0.25) is 0 Å². The summed E-state index contributed by atoms with van der Waals surface area (Å²) in [6.07, 6.45) is 7.38. The summed E-state index contributed by atoms with van der Waals surface area (Å²) in [6.45, 7) is 2.23. The molecule has 0 radical (unpaired) electrons. The summed E-state index contributed by atoms with van der Waals surface area (Å²) in [6, 6.07) is 8.44. The maximum Gasteiger partial charge on any atom is 0.306 e. The highest BCUT2D eigenvalue weighted by Crippen LogP contribution is 2.41. The van der Waals surface area contributed by atoms with Crippen LogP contribution in [0.15, 0.2) is 24.3 Å². The van der Waals surface area contributed by atoms with Crippen molar-refractivity contribution in [2.45, 2.75) is 57.8 Å². The number of unbranched alkanes of at least 4 members (excludes halogenated alkanes) is 1. The van der Waals surface area contributed by atoms with Gasteiger partial charge in [0.05, 0.1) is 13.0 Å². The van der Waals surface area contributed by atoms with Crippen molar-refractivity contribution in [1.82, 2.24) is 0 Å². The Bertz CT molecular complexity index is 458. The SMILES string of the molecule is CCCCC(c1ccc(OC)cc1)C1CCC(C(=O)O)CC1. The molecule has 1 saturated carbocycles. The van der Waals surface area contributed by atoms with E-state index in [2.05, 4.69) is 19.1 Å². The van der Waals surface area contributed by atoms with Crippen LogP contribution in [0.1, 0.15) is 63.4 Å². The molecule has 0 bridgehead atoms. The van der Waals surface area contributed by atoms with Gasteiger partial charge in [-0.15, -0.1) is 0 Å². The minimum Gasteiger partial charge on any atom is -0.497 e. The molecule has 0 heterocycles. The van der Waals surface area contributed by atoms with Crippen LogP contribution >= 0.6 is 0 Å². The average Bonchev–Trinajstić information content (AvgIpc) is 2.56. The van der Waals surface area contributed by atoms with Gasteiger partial charge >= 0.3 is 5.97 Å². The summed E-state index contributed by atoms with van der Waals surface area (Å²) in [5.41, 5.74) is 1.38. The van der Waals surface area contributed by atoms with Gasteiger partial charge in [-0.1, -0.05) is 31.9 Å². The molecule has 3 nitrogen and oxygen atoms in total. The minimum absolute atomic E-state index is 0.126. The topological polar surface area (TPSA) is 46.5 Å². The minimum atomic E-state index is -0.618. The first kappa shape index (κ1) is 16.9. The Labute approximate surface area is 133 Å². The molecule has 0 amide bonds. The van der Waals surface area contributed by atoms with Crippen LogP contribution in [0, 0.1) is 11.8 Å². The normalized spacial score (nSPS) is 23.0. The van der Waals surface area contributed by atoms with E-state index >= 15 is 0 Å². The number of aliphatic carboxylic acids is 1. The Hall–Kier alpha value is -1.51. The summed E-state index contributed by atoms with van der Waals surface area (Å²) >= 11 is 0. The van der Waals surface area contributed by atoms with Gasteiger partial charge in [-0.3, -0.25) is 4.79 Å². The molecule has 22 heavy (non-hydrogen) atoms. The lowest BCUT2D eigenvalue weighted by Crippen LogP contribution is -2.25. The fourth-order valence-corrected chi connectivity index (χ4v) is 3.72. The molecular weight excluding hydrogens is 276 g/mol. The molecule has 1 fully saturated rings. The molecule has 0 aromatic heterocycles. The fraction of sp³-hybridized carbons (Fsp3) is 0.632. The second-order valence-corrected chi connectivity index (χ2v) is 6.47. The van der Waals surface area contributed by atoms with Gasteiger partial charge in [-0.2, -0.15) is 0 Å². The highest BCUT2D eigenvalue weighted by Gasteiger charge is 2.30. The van der Waals surface area contributed by atoms with E-state index in [1.807, 2.05) is 12.1 Å². The molecule has 1 aromatic rings. The molecule has 1 N–H and O–H groups in total. The number of carboxylic acid groups (broad SMARTS) is 1. The first-order valence-corrected chi connectivity index (χ1v) is 8.52. The lowest BCUT2D eigenvalue weighted by molar-refractivity contribution is -0.143. The summed E-state index contributed by atoms with van der Waals surface area (Å²) in [5.74, 6) is 1.33. The van der Waals surface area contributed by atoms with Gasteiger partial charge in [0.15, 0.2) is 0 Å². The third-order valence-corrected chi connectivity index (χ3v) is 5.10. The largest absolute Gasteiger partial charge is 0.497 e.